The summed E-state index contributed by atoms with van der Waals surface area (Å²) in [5, 5.41) is 3.20. The summed E-state index contributed by atoms with van der Waals surface area (Å²) < 4.78 is 12.8. The van der Waals surface area contributed by atoms with E-state index in [2.05, 4.69) is 20.7 Å². The lowest BCUT2D eigenvalue weighted by Gasteiger charge is -2.15. The average molecular weight is 276 g/mol. The molecule has 20 heavy (non-hydrogen) atoms. The van der Waals surface area contributed by atoms with Gasteiger partial charge in [0.1, 0.15) is 17.5 Å². The molecule has 0 spiro atoms. The Bertz CT molecular complexity index is 572. The van der Waals surface area contributed by atoms with Crippen molar-refractivity contribution in [3.63, 3.8) is 0 Å². The lowest BCUT2D eigenvalue weighted by atomic mass is 10.1. The van der Waals surface area contributed by atoms with Gasteiger partial charge in [0.2, 0.25) is 5.95 Å². The Labute approximate surface area is 116 Å². The number of nitrogen functional groups attached to an aromatic ring is 2. The lowest BCUT2D eigenvalue weighted by molar-refractivity contribution is 0.626. The molecule has 6 N–H and O–H groups in total. The summed E-state index contributed by atoms with van der Waals surface area (Å²) in [6.07, 6.45) is 0.732. The fourth-order valence-electron chi connectivity index (χ4n) is 1.89. The maximum Gasteiger partial charge on any atom is 0.223 e. The summed E-state index contributed by atoms with van der Waals surface area (Å²) in [5.74, 6) is 6.22. The van der Waals surface area contributed by atoms with Crippen molar-refractivity contribution < 1.29 is 4.39 Å². The predicted octanol–water partition coefficient (Wildman–Crippen LogP) is 1.53. The SMILES string of the molecule is CC(Cc1ccc(F)cc1)Nc1cc(NN)nc(N)n1. The molecule has 2 rings (SSSR count). The van der Waals surface area contributed by atoms with E-state index < -0.39 is 0 Å². The molecular weight excluding hydrogens is 259 g/mol. The molecular formula is C13H17FN6. The number of rotatable bonds is 5. The third-order valence-corrected chi connectivity index (χ3v) is 2.74. The van der Waals surface area contributed by atoms with E-state index in [1.165, 1.54) is 12.1 Å². The Kier molecular flexibility index (Phi) is 4.31. The lowest BCUT2D eigenvalue weighted by Crippen LogP contribution is -2.20. The van der Waals surface area contributed by atoms with Gasteiger partial charge in [-0.15, -0.1) is 0 Å². The molecule has 1 atom stereocenters. The van der Waals surface area contributed by atoms with Crippen LogP contribution in [-0.2, 0) is 6.42 Å². The molecule has 0 radical (unpaired) electrons. The quantitative estimate of drug-likeness (QED) is 0.488. The van der Waals surface area contributed by atoms with E-state index >= 15 is 0 Å². The van der Waals surface area contributed by atoms with Crippen LogP contribution in [0, 0.1) is 5.82 Å². The van der Waals surface area contributed by atoms with Crippen LogP contribution < -0.4 is 22.3 Å². The molecule has 0 saturated heterocycles. The van der Waals surface area contributed by atoms with Gasteiger partial charge < -0.3 is 16.5 Å². The molecule has 0 saturated carbocycles. The Morgan fingerprint density at radius 2 is 1.85 bits per heavy atom. The van der Waals surface area contributed by atoms with Crippen molar-refractivity contribution in [1.82, 2.24) is 9.97 Å². The van der Waals surface area contributed by atoms with Crippen LogP contribution in [0.25, 0.3) is 0 Å². The number of anilines is 3. The molecule has 0 aliphatic carbocycles. The number of hydrogen-bond acceptors (Lipinski definition) is 6. The fourth-order valence-corrected chi connectivity index (χ4v) is 1.89. The van der Waals surface area contributed by atoms with Crippen molar-refractivity contribution in [2.24, 2.45) is 5.84 Å². The minimum atomic E-state index is -0.239. The summed E-state index contributed by atoms with van der Waals surface area (Å²) >= 11 is 0. The smallest absolute Gasteiger partial charge is 0.223 e. The number of nitrogens with two attached hydrogens (primary N) is 2. The molecule has 0 amide bonds. The predicted molar refractivity (Wildman–Crippen MR) is 77.4 cm³/mol. The first-order valence-corrected chi connectivity index (χ1v) is 6.19. The maximum absolute atomic E-state index is 12.8. The minimum Gasteiger partial charge on any atom is -0.368 e. The second-order valence-corrected chi connectivity index (χ2v) is 4.52. The summed E-state index contributed by atoms with van der Waals surface area (Å²) in [5.41, 5.74) is 9.04. The summed E-state index contributed by atoms with van der Waals surface area (Å²) in [7, 11) is 0. The van der Waals surface area contributed by atoms with Gasteiger partial charge in [-0.3, -0.25) is 0 Å². The van der Waals surface area contributed by atoms with Crippen molar-refractivity contribution in [3.8, 4) is 0 Å². The fraction of sp³-hybridized carbons (Fsp3) is 0.231. The van der Waals surface area contributed by atoms with Crippen LogP contribution >= 0.6 is 0 Å². The van der Waals surface area contributed by atoms with Crippen molar-refractivity contribution in [3.05, 3.63) is 41.7 Å². The summed E-state index contributed by atoms with van der Waals surface area (Å²) in [6, 6.07) is 8.17. The molecule has 1 unspecified atom stereocenters. The summed E-state index contributed by atoms with van der Waals surface area (Å²) in [4.78, 5) is 7.98. The first-order valence-electron chi connectivity index (χ1n) is 6.19. The van der Waals surface area contributed by atoms with Crippen molar-refractivity contribution >= 4 is 17.6 Å². The molecule has 0 aliphatic rings. The molecule has 0 bridgehead atoms. The third-order valence-electron chi connectivity index (χ3n) is 2.74. The highest BCUT2D eigenvalue weighted by Gasteiger charge is 2.07. The number of benzene rings is 1. The molecule has 1 heterocycles. The number of hydrazine groups is 1. The van der Waals surface area contributed by atoms with Crippen LogP contribution in [0.4, 0.5) is 22.0 Å². The number of nitrogens with one attached hydrogen (secondary N) is 2. The van der Waals surface area contributed by atoms with Crippen molar-refractivity contribution in [2.45, 2.75) is 19.4 Å². The van der Waals surface area contributed by atoms with Gasteiger partial charge >= 0.3 is 0 Å². The second kappa shape index (κ2) is 6.16. The van der Waals surface area contributed by atoms with Crippen LogP contribution in [0.2, 0.25) is 0 Å². The van der Waals surface area contributed by atoms with Gasteiger partial charge in [0.25, 0.3) is 0 Å². The average Bonchev–Trinajstić information content (AvgIpc) is 2.40. The highest BCUT2D eigenvalue weighted by molar-refractivity contribution is 5.50. The van der Waals surface area contributed by atoms with Crippen LogP contribution in [0.3, 0.4) is 0 Å². The van der Waals surface area contributed by atoms with Gasteiger partial charge in [0.15, 0.2) is 0 Å². The van der Waals surface area contributed by atoms with Gasteiger partial charge in [0, 0.05) is 12.1 Å². The van der Waals surface area contributed by atoms with E-state index in [1.807, 2.05) is 6.92 Å². The highest BCUT2D eigenvalue weighted by Crippen LogP contribution is 2.14. The molecule has 7 heteroatoms. The monoisotopic (exact) mass is 276 g/mol. The van der Waals surface area contributed by atoms with E-state index in [0.717, 1.165) is 12.0 Å². The van der Waals surface area contributed by atoms with E-state index in [1.54, 1.807) is 18.2 Å². The highest BCUT2D eigenvalue weighted by atomic mass is 19.1. The van der Waals surface area contributed by atoms with Crippen molar-refractivity contribution in [1.29, 1.82) is 0 Å². The Hall–Kier alpha value is -2.41. The van der Waals surface area contributed by atoms with Crippen molar-refractivity contribution in [2.75, 3.05) is 16.5 Å². The molecule has 1 aromatic heterocycles. The molecule has 0 fully saturated rings. The zero-order valence-corrected chi connectivity index (χ0v) is 11.1. The second-order valence-electron chi connectivity index (χ2n) is 4.52. The zero-order valence-electron chi connectivity index (χ0n) is 11.1. The van der Waals surface area contributed by atoms with Gasteiger partial charge in [0.05, 0.1) is 0 Å². The van der Waals surface area contributed by atoms with Gasteiger partial charge in [-0.05, 0) is 31.0 Å². The van der Waals surface area contributed by atoms with Crippen LogP contribution in [0.5, 0.6) is 0 Å². The molecule has 1 aromatic carbocycles. The Balaban J connectivity index is 2.02. The number of nitrogens with zero attached hydrogens (tertiary/aromatic N) is 2. The number of aromatic nitrogens is 2. The normalized spacial score (nSPS) is 11.9. The largest absolute Gasteiger partial charge is 0.368 e. The maximum atomic E-state index is 12.8. The number of halogens is 1. The van der Waals surface area contributed by atoms with Gasteiger partial charge in [-0.2, -0.15) is 9.97 Å². The van der Waals surface area contributed by atoms with Crippen LogP contribution in [-0.4, -0.2) is 16.0 Å². The number of hydrogen-bond donors (Lipinski definition) is 4. The van der Waals surface area contributed by atoms with Crippen LogP contribution in [0.15, 0.2) is 30.3 Å². The molecule has 106 valence electrons. The van der Waals surface area contributed by atoms with Crippen LogP contribution in [0.1, 0.15) is 12.5 Å². The minimum absolute atomic E-state index is 0.0976. The standard InChI is InChI=1S/C13H17FN6/c1-8(6-9-2-4-10(14)5-3-9)17-11-7-12(20-16)19-13(15)18-11/h2-5,7-8H,6,16H2,1H3,(H4,15,17,18,19,20). The van der Waals surface area contributed by atoms with E-state index in [9.17, 15) is 4.39 Å². The van der Waals surface area contributed by atoms with E-state index in [0.29, 0.717) is 11.6 Å². The van der Waals surface area contributed by atoms with Gasteiger partial charge in [-0.1, -0.05) is 12.1 Å². The van der Waals surface area contributed by atoms with Gasteiger partial charge in [-0.25, -0.2) is 10.2 Å². The summed E-state index contributed by atoms with van der Waals surface area (Å²) in [6.45, 7) is 2.00. The Morgan fingerprint density at radius 1 is 1.20 bits per heavy atom. The molecule has 0 aliphatic heterocycles. The molecule has 2 aromatic rings. The van der Waals surface area contributed by atoms with E-state index in [4.69, 9.17) is 11.6 Å². The Morgan fingerprint density at radius 3 is 2.50 bits per heavy atom. The molecule has 6 nitrogen and oxygen atoms in total. The first kappa shape index (κ1) is 14.0. The topological polar surface area (TPSA) is 102 Å². The van der Waals surface area contributed by atoms with E-state index in [-0.39, 0.29) is 17.8 Å². The third kappa shape index (κ3) is 3.79. The first-order chi connectivity index (χ1) is 9.56. The zero-order chi connectivity index (χ0) is 14.5.